The van der Waals surface area contributed by atoms with Gasteiger partial charge >= 0.3 is 0 Å². The number of piperidine rings is 1. The molecule has 1 N–H and O–H groups in total. The first-order chi connectivity index (χ1) is 16.1. The summed E-state index contributed by atoms with van der Waals surface area (Å²) < 4.78 is 0. The maximum absolute atomic E-state index is 13.2. The van der Waals surface area contributed by atoms with Gasteiger partial charge in [-0.1, -0.05) is 18.2 Å². The molecule has 0 bridgehead atoms. The molecule has 2 aliphatic rings. The minimum absolute atomic E-state index is 0.0600. The minimum Gasteiger partial charge on any atom is -0.332 e. The highest BCUT2D eigenvalue weighted by molar-refractivity contribution is 5.95. The molecule has 0 saturated carbocycles. The normalized spacial score (nSPS) is 18.0. The lowest BCUT2D eigenvalue weighted by atomic mass is 9.99. The van der Waals surface area contributed by atoms with Crippen molar-refractivity contribution in [1.82, 2.24) is 24.8 Å². The number of hydrogen-bond donors (Lipinski definition) is 1. The third-order valence-electron chi connectivity index (χ3n) is 6.41. The van der Waals surface area contributed by atoms with Crippen molar-refractivity contribution < 1.29 is 9.59 Å². The van der Waals surface area contributed by atoms with Crippen LogP contribution in [0.5, 0.6) is 0 Å². The van der Waals surface area contributed by atoms with Crippen LogP contribution in [0.4, 0.5) is 0 Å². The Morgan fingerprint density at radius 3 is 2.48 bits per heavy atom. The number of aromatic amines is 1. The lowest BCUT2D eigenvalue weighted by Crippen LogP contribution is -2.42. The summed E-state index contributed by atoms with van der Waals surface area (Å²) in [6.07, 6.45) is 6.24. The number of carbonyl (C=O) groups is 2. The summed E-state index contributed by atoms with van der Waals surface area (Å²) in [6, 6.07) is 12.3. The largest absolute Gasteiger partial charge is 0.332 e. The number of benzene rings is 1. The maximum atomic E-state index is 13.2. The number of rotatable bonds is 3. The van der Waals surface area contributed by atoms with Gasteiger partial charge < -0.3 is 14.8 Å². The molecule has 1 fully saturated rings. The number of hydrogen-bond acceptors (Lipinski definition) is 5. The lowest BCUT2D eigenvalue weighted by Gasteiger charge is -2.36. The van der Waals surface area contributed by atoms with E-state index < -0.39 is 0 Å². The molecule has 1 atom stereocenters. The van der Waals surface area contributed by atoms with Gasteiger partial charge in [-0.3, -0.25) is 19.4 Å². The number of aromatic nitrogens is 3. The molecule has 3 aromatic rings. The molecular formula is C25H25N5O3. The van der Waals surface area contributed by atoms with Crippen LogP contribution in [-0.2, 0) is 13.0 Å². The van der Waals surface area contributed by atoms with Gasteiger partial charge in [-0.15, -0.1) is 0 Å². The molecule has 8 nitrogen and oxygen atoms in total. The van der Waals surface area contributed by atoms with E-state index in [4.69, 9.17) is 4.98 Å². The fraction of sp³-hybridized carbons (Fsp3) is 0.320. The topological polar surface area (TPSA) is 99.3 Å². The molecule has 0 radical (unpaired) electrons. The van der Waals surface area contributed by atoms with Gasteiger partial charge in [0.2, 0.25) is 0 Å². The van der Waals surface area contributed by atoms with Gasteiger partial charge in [0.25, 0.3) is 17.4 Å². The number of nitrogens with one attached hydrogen (secondary N) is 1. The van der Waals surface area contributed by atoms with Crippen LogP contribution in [0.1, 0.15) is 63.1 Å². The van der Waals surface area contributed by atoms with Crippen molar-refractivity contribution in [3.63, 3.8) is 0 Å². The Bertz CT molecular complexity index is 1230. The molecule has 8 heteroatoms. The number of carbonyl (C=O) groups excluding carboxylic acids is 2. The average Bonchev–Trinajstić information content (AvgIpc) is 2.88. The highest BCUT2D eigenvalue weighted by Gasteiger charge is 2.32. The Hall–Kier alpha value is -3.81. The third-order valence-corrected chi connectivity index (χ3v) is 6.41. The van der Waals surface area contributed by atoms with Gasteiger partial charge in [0.15, 0.2) is 0 Å². The zero-order valence-corrected chi connectivity index (χ0v) is 18.2. The van der Waals surface area contributed by atoms with E-state index in [1.165, 1.54) is 0 Å². The molecule has 2 amide bonds. The quantitative estimate of drug-likeness (QED) is 0.671. The van der Waals surface area contributed by atoms with Gasteiger partial charge in [-0.05, 0) is 49.9 Å². The second-order valence-corrected chi connectivity index (χ2v) is 8.47. The van der Waals surface area contributed by atoms with E-state index in [1.807, 2.05) is 23.1 Å². The smallest absolute Gasteiger partial charge is 0.254 e. The van der Waals surface area contributed by atoms with E-state index in [2.05, 4.69) is 9.97 Å². The van der Waals surface area contributed by atoms with Gasteiger partial charge in [0.05, 0.1) is 18.3 Å². The number of likely N-dealkylation sites (tertiary alicyclic amines) is 1. The first kappa shape index (κ1) is 21.1. The molecule has 33 heavy (non-hydrogen) atoms. The van der Waals surface area contributed by atoms with Gasteiger partial charge in [0.1, 0.15) is 5.82 Å². The molecule has 1 aromatic carbocycles. The van der Waals surface area contributed by atoms with E-state index >= 15 is 0 Å². The van der Waals surface area contributed by atoms with Gasteiger partial charge in [-0.25, -0.2) is 4.98 Å². The molecular weight excluding hydrogens is 418 g/mol. The van der Waals surface area contributed by atoms with Crippen LogP contribution in [-0.4, -0.2) is 49.7 Å². The zero-order chi connectivity index (χ0) is 22.8. The van der Waals surface area contributed by atoms with Crippen LogP contribution in [0.15, 0.2) is 59.7 Å². The Morgan fingerprint density at radius 1 is 0.939 bits per heavy atom. The maximum Gasteiger partial charge on any atom is 0.254 e. The lowest BCUT2D eigenvalue weighted by molar-refractivity contribution is 0.0598. The first-order valence-electron chi connectivity index (χ1n) is 11.3. The highest BCUT2D eigenvalue weighted by Crippen LogP contribution is 2.30. The molecule has 2 aromatic heterocycles. The first-order valence-corrected chi connectivity index (χ1v) is 11.3. The SMILES string of the molecule is O=C(c1ccncc1)N1CCc2c(nc([C@@H]3CCCCN3C(=O)c3ccccc3)[nH]c2=O)C1. The van der Waals surface area contributed by atoms with Crippen LogP contribution < -0.4 is 5.56 Å². The summed E-state index contributed by atoms with van der Waals surface area (Å²) in [5, 5.41) is 0. The van der Waals surface area contributed by atoms with Crippen molar-refractivity contribution in [3.8, 4) is 0 Å². The summed E-state index contributed by atoms with van der Waals surface area (Å²) in [4.78, 5) is 54.3. The summed E-state index contributed by atoms with van der Waals surface area (Å²) in [7, 11) is 0. The van der Waals surface area contributed by atoms with E-state index in [-0.39, 0.29) is 30.0 Å². The van der Waals surface area contributed by atoms with Crippen LogP contribution in [0.25, 0.3) is 0 Å². The van der Waals surface area contributed by atoms with Crippen LogP contribution in [0, 0.1) is 0 Å². The van der Waals surface area contributed by atoms with Crippen molar-refractivity contribution in [2.75, 3.05) is 13.1 Å². The van der Waals surface area contributed by atoms with Crippen molar-refractivity contribution in [3.05, 3.63) is 93.4 Å². The molecule has 0 aliphatic carbocycles. The van der Waals surface area contributed by atoms with Crippen molar-refractivity contribution in [2.24, 2.45) is 0 Å². The average molecular weight is 444 g/mol. The third kappa shape index (κ3) is 4.16. The van der Waals surface area contributed by atoms with Crippen molar-refractivity contribution in [1.29, 1.82) is 0 Å². The predicted octanol–water partition coefficient (Wildman–Crippen LogP) is 2.73. The number of nitrogens with zero attached hydrogens (tertiary/aromatic N) is 4. The summed E-state index contributed by atoms with van der Waals surface area (Å²) in [5.74, 6) is 0.335. The van der Waals surface area contributed by atoms with Crippen molar-refractivity contribution >= 4 is 11.8 Å². The molecule has 0 spiro atoms. The number of fused-ring (bicyclic) bond motifs is 1. The number of amides is 2. The van der Waals surface area contributed by atoms with Crippen molar-refractivity contribution in [2.45, 2.75) is 38.3 Å². The van der Waals surface area contributed by atoms with E-state index in [1.54, 1.807) is 41.6 Å². The Balaban J connectivity index is 1.44. The molecule has 2 aliphatic heterocycles. The Morgan fingerprint density at radius 2 is 1.70 bits per heavy atom. The van der Waals surface area contributed by atoms with E-state index in [0.717, 1.165) is 19.3 Å². The summed E-state index contributed by atoms with van der Waals surface area (Å²) in [5.41, 5.74) is 2.24. The molecule has 5 rings (SSSR count). The highest BCUT2D eigenvalue weighted by atomic mass is 16.2. The van der Waals surface area contributed by atoms with Crippen LogP contribution >= 0.6 is 0 Å². The Kier molecular flexibility index (Phi) is 5.73. The molecule has 168 valence electrons. The standard InChI is InChI=1S/C25H25N5O3/c31-23-19-11-15-29(24(32)18-9-12-26-13-10-18)16-20(19)27-22(28-23)21-8-4-5-14-30(21)25(33)17-6-2-1-3-7-17/h1-3,6-7,9-10,12-13,21H,4-5,8,11,14-16H2,(H,27,28,31)/t21-/m0/s1. The van der Waals surface area contributed by atoms with Crippen LogP contribution in [0.3, 0.4) is 0 Å². The predicted molar refractivity (Wildman–Crippen MR) is 122 cm³/mol. The Labute approximate surface area is 191 Å². The number of pyridine rings is 1. The van der Waals surface area contributed by atoms with E-state index in [0.29, 0.717) is 47.7 Å². The fourth-order valence-electron chi connectivity index (χ4n) is 4.67. The van der Waals surface area contributed by atoms with E-state index in [9.17, 15) is 14.4 Å². The fourth-order valence-corrected chi connectivity index (χ4v) is 4.67. The second kappa shape index (κ2) is 8.97. The van der Waals surface area contributed by atoms with Gasteiger partial charge in [-0.2, -0.15) is 0 Å². The molecule has 4 heterocycles. The second-order valence-electron chi connectivity index (χ2n) is 8.47. The monoisotopic (exact) mass is 443 g/mol. The molecule has 1 saturated heterocycles. The number of H-pyrrole nitrogens is 1. The molecule has 0 unspecified atom stereocenters. The zero-order valence-electron chi connectivity index (χ0n) is 18.2. The summed E-state index contributed by atoms with van der Waals surface area (Å²) in [6.45, 7) is 1.35. The summed E-state index contributed by atoms with van der Waals surface area (Å²) >= 11 is 0. The van der Waals surface area contributed by atoms with Crippen LogP contribution in [0.2, 0.25) is 0 Å². The minimum atomic E-state index is -0.296. The van der Waals surface area contributed by atoms with Gasteiger partial charge in [0, 0.05) is 42.2 Å².